The van der Waals surface area contributed by atoms with E-state index >= 15 is 0 Å². The second-order valence-electron chi connectivity index (χ2n) is 9.01. The first-order valence-electron chi connectivity index (χ1n) is 12.2. The highest BCUT2D eigenvalue weighted by Crippen LogP contribution is 2.23. The number of hydrogen-bond acceptors (Lipinski definition) is 4. The SMILES string of the molecule is CC(CCc1ccccc1)NC(=O)CSc1nc2ccccc2c(=O)n1CCC1=CCCCC1. The van der Waals surface area contributed by atoms with Crippen molar-refractivity contribution in [2.45, 2.75) is 69.6 Å². The number of carbonyl (C=O) groups is 1. The number of carbonyl (C=O) groups excluding carboxylic acids is 1. The first-order valence-corrected chi connectivity index (χ1v) is 13.2. The van der Waals surface area contributed by atoms with Crippen molar-refractivity contribution in [1.82, 2.24) is 14.9 Å². The summed E-state index contributed by atoms with van der Waals surface area (Å²) in [5, 5.41) is 4.34. The minimum absolute atomic E-state index is 0.0267. The molecule has 3 aromatic rings. The number of aryl methyl sites for hydroxylation is 1. The summed E-state index contributed by atoms with van der Waals surface area (Å²) in [5.41, 5.74) is 3.35. The Kier molecular flexibility index (Phi) is 8.58. The fourth-order valence-electron chi connectivity index (χ4n) is 4.39. The van der Waals surface area contributed by atoms with Gasteiger partial charge < -0.3 is 5.32 Å². The molecule has 0 fully saturated rings. The second-order valence-corrected chi connectivity index (χ2v) is 9.95. The Morgan fingerprint density at radius 1 is 1.09 bits per heavy atom. The third-order valence-electron chi connectivity index (χ3n) is 6.32. The summed E-state index contributed by atoms with van der Waals surface area (Å²) < 4.78 is 1.76. The molecule has 0 saturated carbocycles. The highest BCUT2D eigenvalue weighted by atomic mass is 32.2. The molecule has 0 aliphatic heterocycles. The summed E-state index contributed by atoms with van der Waals surface area (Å²) in [5.74, 6) is 0.206. The number of nitrogens with zero attached hydrogens (tertiary/aromatic N) is 2. The van der Waals surface area contributed by atoms with Crippen molar-refractivity contribution in [1.29, 1.82) is 0 Å². The number of fused-ring (bicyclic) bond motifs is 1. The quantitative estimate of drug-likeness (QED) is 0.238. The molecule has 0 bridgehead atoms. The minimum Gasteiger partial charge on any atom is -0.353 e. The van der Waals surface area contributed by atoms with E-state index in [9.17, 15) is 9.59 Å². The molecule has 1 amide bonds. The zero-order chi connectivity index (χ0) is 23.8. The highest BCUT2D eigenvalue weighted by Gasteiger charge is 2.15. The molecule has 1 heterocycles. The predicted molar refractivity (Wildman–Crippen MR) is 140 cm³/mol. The summed E-state index contributed by atoms with van der Waals surface area (Å²) in [7, 11) is 0. The number of thioether (sulfide) groups is 1. The van der Waals surface area contributed by atoms with E-state index < -0.39 is 0 Å². The van der Waals surface area contributed by atoms with Crippen LogP contribution in [0.4, 0.5) is 0 Å². The molecule has 0 radical (unpaired) electrons. The summed E-state index contributed by atoms with van der Waals surface area (Å²) in [6, 6.07) is 17.8. The molecule has 2 aromatic carbocycles. The van der Waals surface area contributed by atoms with Crippen molar-refractivity contribution in [3.8, 4) is 0 Å². The molecular weight excluding hydrogens is 442 g/mol. The van der Waals surface area contributed by atoms with Gasteiger partial charge in [0.25, 0.3) is 5.56 Å². The standard InChI is InChI=1S/C28H33N3O2S/c1-21(16-17-22-10-4-2-5-11-22)29-26(32)20-34-28-30-25-15-9-8-14-24(25)27(33)31(28)19-18-23-12-6-3-7-13-23/h2,4-5,8-12,14-15,21H,3,6-7,13,16-20H2,1H3,(H,29,32). The van der Waals surface area contributed by atoms with Crippen LogP contribution in [0.1, 0.15) is 51.0 Å². The molecule has 4 rings (SSSR count). The largest absolute Gasteiger partial charge is 0.353 e. The van der Waals surface area contributed by atoms with Crippen LogP contribution < -0.4 is 10.9 Å². The van der Waals surface area contributed by atoms with Gasteiger partial charge in [-0.3, -0.25) is 14.2 Å². The Morgan fingerprint density at radius 3 is 2.68 bits per heavy atom. The van der Waals surface area contributed by atoms with E-state index in [0.29, 0.717) is 22.6 Å². The average Bonchev–Trinajstić information content (AvgIpc) is 2.87. The molecule has 1 atom stereocenters. The summed E-state index contributed by atoms with van der Waals surface area (Å²) in [6.45, 7) is 2.63. The smallest absolute Gasteiger partial charge is 0.262 e. The third-order valence-corrected chi connectivity index (χ3v) is 7.29. The Morgan fingerprint density at radius 2 is 1.88 bits per heavy atom. The van der Waals surface area contributed by atoms with Crippen LogP contribution in [0.15, 0.2) is 76.2 Å². The van der Waals surface area contributed by atoms with Crippen LogP contribution in [0.2, 0.25) is 0 Å². The van der Waals surface area contributed by atoms with Gasteiger partial charge in [-0.05, 0) is 69.6 Å². The number of nitrogens with one attached hydrogen (secondary N) is 1. The van der Waals surface area contributed by atoms with Gasteiger partial charge in [-0.2, -0.15) is 0 Å². The number of rotatable bonds is 10. The zero-order valence-electron chi connectivity index (χ0n) is 19.8. The number of amides is 1. The lowest BCUT2D eigenvalue weighted by molar-refractivity contribution is -0.119. The van der Waals surface area contributed by atoms with Crippen molar-refractivity contribution in [3.05, 3.63) is 82.2 Å². The molecule has 1 aliphatic carbocycles. The Bertz CT molecular complexity index is 1200. The molecule has 5 nitrogen and oxygen atoms in total. The first kappa shape index (κ1) is 24.3. The topological polar surface area (TPSA) is 64.0 Å². The predicted octanol–water partition coefficient (Wildman–Crippen LogP) is 5.52. The maximum Gasteiger partial charge on any atom is 0.262 e. The molecule has 1 aromatic heterocycles. The highest BCUT2D eigenvalue weighted by molar-refractivity contribution is 7.99. The molecule has 178 valence electrons. The number of para-hydroxylation sites is 1. The van der Waals surface area contributed by atoms with Crippen LogP contribution in [0.5, 0.6) is 0 Å². The van der Waals surface area contributed by atoms with Gasteiger partial charge in [-0.1, -0.05) is 65.9 Å². The molecule has 1 unspecified atom stereocenters. The van der Waals surface area contributed by atoms with Crippen LogP contribution >= 0.6 is 11.8 Å². The Labute approximate surface area is 205 Å². The minimum atomic E-state index is -0.0329. The lowest BCUT2D eigenvalue weighted by atomic mass is 9.97. The van der Waals surface area contributed by atoms with Gasteiger partial charge in [-0.25, -0.2) is 4.98 Å². The van der Waals surface area contributed by atoms with Crippen molar-refractivity contribution in [2.24, 2.45) is 0 Å². The number of benzene rings is 2. The number of hydrogen-bond donors (Lipinski definition) is 1. The number of allylic oxidation sites excluding steroid dienone is 2. The van der Waals surface area contributed by atoms with Crippen molar-refractivity contribution < 1.29 is 4.79 Å². The lowest BCUT2D eigenvalue weighted by Crippen LogP contribution is -2.34. The van der Waals surface area contributed by atoms with E-state index in [1.807, 2.05) is 49.4 Å². The van der Waals surface area contributed by atoms with E-state index in [1.54, 1.807) is 4.57 Å². The maximum absolute atomic E-state index is 13.3. The summed E-state index contributed by atoms with van der Waals surface area (Å²) in [6.07, 6.45) is 9.70. The van der Waals surface area contributed by atoms with Crippen LogP contribution in [-0.4, -0.2) is 27.3 Å². The average molecular weight is 476 g/mol. The Hall–Kier alpha value is -2.86. The van der Waals surface area contributed by atoms with E-state index in [1.165, 1.54) is 35.7 Å². The van der Waals surface area contributed by atoms with Gasteiger partial charge in [0.15, 0.2) is 5.16 Å². The van der Waals surface area contributed by atoms with E-state index in [2.05, 4.69) is 23.5 Å². The number of aromatic nitrogens is 2. The normalized spacial score (nSPS) is 14.6. The monoisotopic (exact) mass is 475 g/mol. The van der Waals surface area contributed by atoms with E-state index in [0.717, 1.165) is 32.1 Å². The fourth-order valence-corrected chi connectivity index (χ4v) is 5.23. The van der Waals surface area contributed by atoms with Gasteiger partial charge >= 0.3 is 0 Å². The molecule has 34 heavy (non-hydrogen) atoms. The second kappa shape index (κ2) is 12.0. The molecule has 1 aliphatic rings. The van der Waals surface area contributed by atoms with Crippen LogP contribution in [0, 0.1) is 0 Å². The molecule has 6 heteroatoms. The van der Waals surface area contributed by atoms with Gasteiger partial charge in [0.2, 0.25) is 5.91 Å². The molecule has 0 spiro atoms. The van der Waals surface area contributed by atoms with Crippen LogP contribution in [0.25, 0.3) is 10.9 Å². The van der Waals surface area contributed by atoms with Gasteiger partial charge in [0, 0.05) is 12.6 Å². The third kappa shape index (κ3) is 6.60. The summed E-state index contributed by atoms with van der Waals surface area (Å²) in [4.78, 5) is 30.7. The van der Waals surface area contributed by atoms with E-state index in [-0.39, 0.29) is 23.3 Å². The van der Waals surface area contributed by atoms with Gasteiger partial charge in [0.05, 0.1) is 16.7 Å². The van der Waals surface area contributed by atoms with Crippen molar-refractivity contribution >= 4 is 28.6 Å². The van der Waals surface area contributed by atoms with Gasteiger partial charge in [-0.15, -0.1) is 0 Å². The van der Waals surface area contributed by atoms with Gasteiger partial charge in [0.1, 0.15) is 0 Å². The molecule has 0 saturated heterocycles. The Balaban J connectivity index is 1.41. The van der Waals surface area contributed by atoms with Crippen LogP contribution in [0.3, 0.4) is 0 Å². The maximum atomic E-state index is 13.3. The lowest BCUT2D eigenvalue weighted by Gasteiger charge is -2.17. The first-order chi connectivity index (χ1) is 16.6. The fraction of sp³-hybridized carbons (Fsp3) is 0.393. The van der Waals surface area contributed by atoms with Crippen LogP contribution in [-0.2, 0) is 17.8 Å². The molecule has 1 N–H and O–H groups in total. The summed E-state index contributed by atoms with van der Waals surface area (Å²) >= 11 is 1.35. The van der Waals surface area contributed by atoms with Crippen molar-refractivity contribution in [3.63, 3.8) is 0 Å². The van der Waals surface area contributed by atoms with Crippen molar-refractivity contribution in [2.75, 3.05) is 5.75 Å². The van der Waals surface area contributed by atoms with E-state index in [4.69, 9.17) is 4.98 Å². The molecular formula is C28H33N3O2S. The zero-order valence-corrected chi connectivity index (χ0v) is 20.7.